The van der Waals surface area contributed by atoms with Crippen LogP contribution in [0.5, 0.6) is 0 Å². The van der Waals surface area contributed by atoms with Crippen molar-refractivity contribution in [1.29, 1.82) is 0 Å². The average Bonchev–Trinajstić information content (AvgIpc) is 2.24. The fourth-order valence-corrected chi connectivity index (χ4v) is 2.51. The van der Waals surface area contributed by atoms with E-state index in [9.17, 15) is 35.4 Å². The maximum atomic E-state index is 11.2. The summed E-state index contributed by atoms with van der Waals surface area (Å²) in [5.41, 5.74) is -3.46. The van der Waals surface area contributed by atoms with Crippen LogP contribution in [0.2, 0.25) is 0 Å². The van der Waals surface area contributed by atoms with Gasteiger partial charge in [-0.3, -0.25) is 30.3 Å². The number of hydrogen-bond donors (Lipinski definition) is 1. The first-order valence-electron chi connectivity index (χ1n) is 5.89. The lowest BCUT2D eigenvalue weighted by atomic mass is 9.68. The Bertz CT molecular complexity index is 557. The predicted molar refractivity (Wildman–Crippen MR) is 70.0 cm³/mol. The predicted octanol–water partition coefficient (Wildman–Crippen LogP) is 1.13. The lowest BCUT2D eigenvalue weighted by Gasteiger charge is -2.35. The molecular formula is C11H15N3O7. The van der Waals surface area contributed by atoms with Gasteiger partial charge in [-0.05, 0) is 51.0 Å². The molecule has 21 heavy (non-hydrogen) atoms. The second kappa shape index (κ2) is 4.58. The number of aliphatic hydroxyl groups is 1. The molecule has 0 unspecified atom stereocenters. The fraction of sp³-hybridized carbons (Fsp3) is 0.636. The summed E-state index contributed by atoms with van der Waals surface area (Å²) in [6.07, 6.45) is 2.18. The first kappa shape index (κ1) is 16.7. The van der Waals surface area contributed by atoms with E-state index < -0.39 is 31.6 Å². The molecule has 0 saturated carbocycles. The van der Waals surface area contributed by atoms with Crippen LogP contribution in [0.15, 0.2) is 23.3 Å². The minimum atomic E-state index is -3.66. The van der Waals surface area contributed by atoms with Crippen LogP contribution in [0, 0.1) is 35.8 Å². The standard InChI is InChI=1S/C11H15N3O7/c1-7-6-10(4,15)8(2)5-9(7,3)11(12(16)17,13(18)19)14(20)21/h5-6,15H,1-4H3/t9-,10+/m1/s1. The highest BCUT2D eigenvalue weighted by atomic mass is 16.7. The second-order valence-electron chi connectivity index (χ2n) is 5.41. The van der Waals surface area contributed by atoms with Gasteiger partial charge in [0.2, 0.25) is 5.41 Å². The topological polar surface area (TPSA) is 150 Å². The molecule has 0 bridgehead atoms. The Hall–Kier alpha value is -2.36. The molecule has 10 heteroatoms. The van der Waals surface area contributed by atoms with Crippen molar-refractivity contribution in [1.82, 2.24) is 0 Å². The number of nitro groups is 3. The second-order valence-corrected chi connectivity index (χ2v) is 5.41. The molecule has 1 aliphatic rings. The van der Waals surface area contributed by atoms with Crippen LogP contribution in [0.25, 0.3) is 0 Å². The summed E-state index contributed by atoms with van der Waals surface area (Å²) >= 11 is 0. The SMILES string of the molecule is CC1=C[C@@](C)(C([N+](=O)[O-])([N+](=O)[O-])[N+](=O)[O-])C(C)=C[C@]1(C)O. The van der Waals surface area contributed by atoms with Crippen molar-refractivity contribution in [2.24, 2.45) is 5.41 Å². The molecule has 0 aromatic rings. The van der Waals surface area contributed by atoms with Crippen molar-refractivity contribution in [3.63, 3.8) is 0 Å². The minimum absolute atomic E-state index is 0.0248. The Morgan fingerprint density at radius 3 is 1.67 bits per heavy atom. The summed E-state index contributed by atoms with van der Waals surface area (Å²) < 4.78 is 0. The van der Waals surface area contributed by atoms with Gasteiger partial charge in [-0.2, -0.15) is 0 Å². The van der Waals surface area contributed by atoms with Crippen LogP contribution in [0.3, 0.4) is 0 Å². The Morgan fingerprint density at radius 2 is 1.33 bits per heavy atom. The summed E-state index contributed by atoms with van der Waals surface area (Å²) in [6, 6.07) is 0. The van der Waals surface area contributed by atoms with Gasteiger partial charge in [0.05, 0.1) is 0 Å². The number of hydrogen-bond acceptors (Lipinski definition) is 7. The molecule has 1 rings (SSSR count). The highest BCUT2D eigenvalue weighted by Gasteiger charge is 2.83. The zero-order valence-electron chi connectivity index (χ0n) is 11.9. The third-order valence-electron chi connectivity index (χ3n) is 4.08. The van der Waals surface area contributed by atoms with Crippen molar-refractivity contribution in [2.45, 2.75) is 39.1 Å². The lowest BCUT2D eigenvalue weighted by molar-refractivity contribution is -0.982. The Balaban J connectivity index is 3.78. The van der Waals surface area contributed by atoms with Gasteiger partial charge in [0, 0.05) is 0 Å². The van der Waals surface area contributed by atoms with E-state index in [1.54, 1.807) is 0 Å². The van der Waals surface area contributed by atoms with Gasteiger partial charge in [0.15, 0.2) is 14.8 Å². The maximum Gasteiger partial charge on any atom is 0.712 e. The summed E-state index contributed by atoms with van der Waals surface area (Å²) in [6.45, 7) is 5.11. The molecule has 10 nitrogen and oxygen atoms in total. The normalized spacial score (nSPS) is 29.4. The highest BCUT2D eigenvalue weighted by Crippen LogP contribution is 2.48. The van der Waals surface area contributed by atoms with E-state index >= 15 is 0 Å². The molecular weight excluding hydrogens is 286 g/mol. The molecule has 0 heterocycles. The van der Waals surface area contributed by atoms with Crippen LogP contribution in [-0.4, -0.2) is 31.3 Å². The number of nitrogens with zero attached hydrogens (tertiary/aromatic N) is 3. The monoisotopic (exact) mass is 301 g/mol. The molecule has 0 spiro atoms. The third kappa shape index (κ3) is 1.98. The van der Waals surface area contributed by atoms with Crippen molar-refractivity contribution in [3.8, 4) is 0 Å². The van der Waals surface area contributed by atoms with Gasteiger partial charge in [0.1, 0.15) is 5.60 Å². The molecule has 0 aromatic heterocycles. The van der Waals surface area contributed by atoms with E-state index in [1.807, 2.05) is 0 Å². The largest absolute Gasteiger partial charge is 0.712 e. The Labute approximate surface area is 119 Å². The summed E-state index contributed by atoms with van der Waals surface area (Å²) in [5, 5.41) is 43.7. The fourth-order valence-electron chi connectivity index (χ4n) is 2.51. The van der Waals surface area contributed by atoms with Gasteiger partial charge in [-0.15, -0.1) is 0 Å². The number of rotatable bonds is 4. The molecule has 1 N–H and O–H groups in total. The zero-order valence-corrected chi connectivity index (χ0v) is 11.9. The quantitative estimate of drug-likeness (QED) is 0.354. The first-order chi connectivity index (χ1) is 9.34. The summed E-state index contributed by atoms with van der Waals surface area (Å²) in [5.74, 6) is -3.66. The molecule has 0 aromatic carbocycles. The van der Waals surface area contributed by atoms with Crippen LogP contribution in [-0.2, 0) is 0 Å². The lowest BCUT2D eigenvalue weighted by Crippen LogP contribution is -2.64. The molecule has 0 aliphatic heterocycles. The smallest absolute Gasteiger partial charge is 0.382 e. The van der Waals surface area contributed by atoms with E-state index in [-0.39, 0.29) is 11.1 Å². The molecule has 1 aliphatic carbocycles. The maximum absolute atomic E-state index is 11.2. The summed E-state index contributed by atoms with van der Waals surface area (Å²) in [7, 11) is 0. The molecule has 116 valence electrons. The van der Waals surface area contributed by atoms with E-state index in [0.717, 1.165) is 19.1 Å². The third-order valence-corrected chi connectivity index (χ3v) is 4.08. The molecule has 0 saturated heterocycles. The van der Waals surface area contributed by atoms with E-state index in [0.29, 0.717) is 0 Å². The van der Waals surface area contributed by atoms with Crippen LogP contribution in [0.4, 0.5) is 0 Å². The van der Waals surface area contributed by atoms with E-state index in [2.05, 4.69) is 0 Å². The van der Waals surface area contributed by atoms with Gasteiger partial charge in [-0.1, -0.05) is 0 Å². The molecule has 0 fully saturated rings. The van der Waals surface area contributed by atoms with Crippen LogP contribution in [0.1, 0.15) is 27.7 Å². The Morgan fingerprint density at radius 1 is 0.952 bits per heavy atom. The molecule has 0 radical (unpaired) electrons. The first-order valence-corrected chi connectivity index (χ1v) is 5.89. The van der Waals surface area contributed by atoms with Crippen molar-refractivity contribution >= 4 is 0 Å². The minimum Gasteiger partial charge on any atom is -0.382 e. The van der Waals surface area contributed by atoms with Crippen LogP contribution >= 0.6 is 0 Å². The van der Waals surface area contributed by atoms with Crippen LogP contribution < -0.4 is 0 Å². The van der Waals surface area contributed by atoms with E-state index in [4.69, 9.17) is 0 Å². The Kier molecular flexibility index (Phi) is 3.64. The molecule has 2 atom stereocenters. The van der Waals surface area contributed by atoms with Crippen molar-refractivity contribution in [3.05, 3.63) is 53.6 Å². The van der Waals surface area contributed by atoms with E-state index in [1.165, 1.54) is 20.8 Å². The molecule has 0 amide bonds. The average molecular weight is 301 g/mol. The van der Waals surface area contributed by atoms with Crippen molar-refractivity contribution in [2.75, 3.05) is 0 Å². The van der Waals surface area contributed by atoms with Gasteiger partial charge in [-0.25, -0.2) is 0 Å². The highest BCUT2D eigenvalue weighted by molar-refractivity contribution is 5.38. The van der Waals surface area contributed by atoms with Crippen molar-refractivity contribution < 1.29 is 19.9 Å². The van der Waals surface area contributed by atoms with Gasteiger partial charge >= 0.3 is 5.79 Å². The summed E-state index contributed by atoms with van der Waals surface area (Å²) in [4.78, 5) is 29.2. The zero-order chi connectivity index (χ0) is 16.8. The van der Waals surface area contributed by atoms with Gasteiger partial charge in [0.25, 0.3) is 0 Å². The van der Waals surface area contributed by atoms with Gasteiger partial charge < -0.3 is 5.11 Å².